The van der Waals surface area contributed by atoms with Gasteiger partial charge in [-0.3, -0.25) is 4.79 Å². The molecule has 1 saturated carbocycles. The first kappa shape index (κ1) is 15.9. The number of rotatable bonds is 5. The number of nitriles is 1. The van der Waals surface area contributed by atoms with E-state index in [4.69, 9.17) is 9.47 Å². The van der Waals surface area contributed by atoms with Gasteiger partial charge in [0.15, 0.2) is 11.2 Å². The molecule has 0 radical (unpaired) electrons. The summed E-state index contributed by atoms with van der Waals surface area (Å²) in [5.41, 5.74) is -2.08. The minimum absolute atomic E-state index is 0.0240. The van der Waals surface area contributed by atoms with Gasteiger partial charge < -0.3 is 9.47 Å². The van der Waals surface area contributed by atoms with Crippen molar-refractivity contribution in [2.24, 2.45) is 11.8 Å². The second kappa shape index (κ2) is 5.72. The summed E-state index contributed by atoms with van der Waals surface area (Å²) < 4.78 is 11.3. The van der Waals surface area contributed by atoms with Crippen LogP contribution in [0.25, 0.3) is 0 Å². The smallest absolute Gasteiger partial charge is 0.204 e. The Morgan fingerprint density at radius 2 is 2.05 bits per heavy atom. The van der Waals surface area contributed by atoms with Crippen molar-refractivity contribution < 1.29 is 14.3 Å². The van der Waals surface area contributed by atoms with Crippen molar-refractivity contribution in [2.45, 2.75) is 22.2 Å². The zero-order valence-corrected chi connectivity index (χ0v) is 13.7. The van der Waals surface area contributed by atoms with Gasteiger partial charge in [-0.05, 0) is 25.0 Å². The standard InChI is InChI=1S/C14H19NO3S2/c1-17-13-6-5-9(7-10(13)8-15)14(18-2,11(13)16)12(19-3)20-4/h5-6,9-10,12H,7H2,1-4H3/t9-,10-,13-,14+/m1/s1. The molecule has 6 heteroatoms. The van der Waals surface area contributed by atoms with Gasteiger partial charge in [0.05, 0.1) is 16.6 Å². The molecule has 4 nitrogen and oxygen atoms in total. The lowest BCUT2D eigenvalue weighted by molar-refractivity contribution is -0.179. The summed E-state index contributed by atoms with van der Waals surface area (Å²) in [6.45, 7) is 0. The molecule has 0 spiro atoms. The lowest BCUT2D eigenvalue weighted by atomic mass is 9.58. The Hall–Kier alpha value is -0.480. The highest BCUT2D eigenvalue weighted by atomic mass is 32.2. The molecular weight excluding hydrogens is 294 g/mol. The maximum atomic E-state index is 13.1. The number of Topliss-reactive ketones (excluding diaryl/α,β-unsaturated/α-hetero) is 1. The summed E-state index contributed by atoms with van der Waals surface area (Å²) in [6, 6.07) is 2.23. The maximum Gasteiger partial charge on any atom is 0.204 e. The van der Waals surface area contributed by atoms with Gasteiger partial charge in [0.25, 0.3) is 0 Å². The Balaban J connectivity index is 2.57. The highest BCUT2D eigenvalue weighted by molar-refractivity contribution is 8.16. The number of thioether (sulfide) groups is 2. The predicted molar refractivity (Wildman–Crippen MR) is 81.7 cm³/mol. The molecule has 0 aromatic rings. The molecule has 2 bridgehead atoms. The van der Waals surface area contributed by atoms with Crippen molar-refractivity contribution in [1.82, 2.24) is 0 Å². The highest BCUT2D eigenvalue weighted by Crippen LogP contribution is 2.54. The summed E-state index contributed by atoms with van der Waals surface area (Å²) in [5, 5.41) is 9.36. The molecule has 0 N–H and O–H groups in total. The molecule has 3 aliphatic carbocycles. The van der Waals surface area contributed by atoms with E-state index in [0.29, 0.717) is 6.42 Å². The molecule has 0 saturated heterocycles. The van der Waals surface area contributed by atoms with Crippen LogP contribution in [-0.2, 0) is 14.3 Å². The quantitative estimate of drug-likeness (QED) is 0.572. The third-order valence-corrected chi connectivity index (χ3v) is 7.17. The Morgan fingerprint density at radius 1 is 1.40 bits per heavy atom. The van der Waals surface area contributed by atoms with Crippen LogP contribution in [0.15, 0.2) is 12.2 Å². The summed E-state index contributed by atoms with van der Waals surface area (Å²) in [5.74, 6) is -0.636. The molecule has 0 aromatic carbocycles. The second-order valence-corrected chi connectivity index (χ2v) is 7.19. The summed E-state index contributed by atoms with van der Waals surface area (Å²) in [7, 11) is 3.07. The molecule has 0 heterocycles. The van der Waals surface area contributed by atoms with Gasteiger partial charge in [0.1, 0.15) is 0 Å². The molecule has 0 amide bonds. The molecular formula is C14H19NO3S2. The van der Waals surface area contributed by atoms with Crippen LogP contribution in [0.5, 0.6) is 0 Å². The predicted octanol–water partition coefficient (Wildman–Crippen LogP) is 2.11. The first-order valence-electron chi connectivity index (χ1n) is 6.37. The molecule has 3 aliphatic rings. The SMILES string of the molecule is CO[C@]12C=C[C@H](C[C@@H]1C#N)[C@@](OC)(C(SC)SC)C2=O. The van der Waals surface area contributed by atoms with E-state index in [1.165, 1.54) is 7.11 Å². The van der Waals surface area contributed by atoms with Crippen LogP contribution in [-0.4, -0.2) is 48.3 Å². The molecule has 0 aliphatic heterocycles. The third-order valence-electron chi connectivity index (χ3n) is 4.45. The molecule has 3 rings (SSSR count). The Kier molecular flexibility index (Phi) is 4.55. The molecule has 0 unspecified atom stereocenters. The van der Waals surface area contributed by atoms with Crippen LogP contribution in [0.2, 0.25) is 0 Å². The van der Waals surface area contributed by atoms with Crippen LogP contribution in [0, 0.1) is 23.2 Å². The topological polar surface area (TPSA) is 59.3 Å². The van der Waals surface area contributed by atoms with Gasteiger partial charge in [-0.25, -0.2) is 0 Å². The fraction of sp³-hybridized carbons (Fsp3) is 0.714. The van der Waals surface area contributed by atoms with E-state index in [1.54, 1.807) is 36.7 Å². The number of hydrogen-bond donors (Lipinski definition) is 0. The van der Waals surface area contributed by atoms with Crippen LogP contribution < -0.4 is 0 Å². The number of carbonyl (C=O) groups excluding carboxylic acids is 1. The molecule has 0 aromatic heterocycles. The monoisotopic (exact) mass is 313 g/mol. The van der Waals surface area contributed by atoms with Gasteiger partial charge in [0, 0.05) is 20.1 Å². The Labute approximate surface area is 128 Å². The fourth-order valence-electron chi connectivity index (χ4n) is 3.43. The summed E-state index contributed by atoms with van der Waals surface area (Å²) in [6.07, 6.45) is 8.29. The zero-order chi connectivity index (χ0) is 15.0. The minimum atomic E-state index is -1.16. The van der Waals surface area contributed by atoms with Crippen molar-refractivity contribution in [3.63, 3.8) is 0 Å². The second-order valence-electron chi connectivity index (χ2n) is 5.01. The largest absolute Gasteiger partial charge is 0.368 e. The zero-order valence-electron chi connectivity index (χ0n) is 12.1. The Bertz CT molecular complexity index is 472. The summed E-state index contributed by atoms with van der Waals surface area (Å²) >= 11 is 3.21. The van der Waals surface area contributed by atoms with Crippen LogP contribution in [0.1, 0.15) is 6.42 Å². The molecule has 1 fully saturated rings. The van der Waals surface area contributed by atoms with E-state index in [-0.39, 0.29) is 16.3 Å². The number of methoxy groups -OCH3 is 2. The minimum Gasteiger partial charge on any atom is -0.368 e. The lowest BCUT2D eigenvalue weighted by Crippen LogP contribution is -2.70. The van der Waals surface area contributed by atoms with E-state index in [1.807, 2.05) is 18.6 Å². The lowest BCUT2D eigenvalue weighted by Gasteiger charge is -2.54. The van der Waals surface area contributed by atoms with Crippen LogP contribution >= 0.6 is 23.5 Å². The number of ether oxygens (including phenoxy) is 2. The molecule has 4 atom stereocenters. The third kappa shape index (κ3) is 1.80. The van der Waals surface area contributed by atoms with Crippen molar-refractivity contribution in [1.29, 1.82) is 5.26 Å². The summed E-state index contributed by atoms with van der Waals surface area (Å²) in [4.78, 5) is 13.1. The van der Waals surface area contributed by atoms with Crippen LogP contribution in [0.4, 0.5) is 0 Å². The van der Waals surface area contributed by atoms with Gasteiger partial charge >= 0.3 is 0 Å². The Morgan fingerprint density at radius 3 is 2.50 bits per heavy atom. The van der Waals surface area contributed by atoms with Crippen LogP contribution in [0.3, 0.4) is 0 Å². The van der Waals surface area contributed by atoms with E-state index in [0.717, 1.165) is 0 Å². The molecule has 110 valence electrons. The van der Waals surface area contributed by atoms with E-state index < -0.39 is 17.1 Å². The average molecular weight is 313 g/mol. The van der Waals surface area contributed by atoms with Crippen molar-refractivity contribution in [2.75, 3.05) is 26.7 Å². The van der Waals surface area contributed by atoms with Gasteiger partial charge in [-0.1, -0.05) is 6.08 Å². The fourth-order valence-corrected chi connectivity index (χ4v) is 5.65. The molecule has 20 heavy (non-hydrogen) atoms. The number of carbonyl (C=O) groups is 1. The number of ketones is 1. The van der Waals surface area contributed by atoms with E-state index >= 15 is 0 Å². The highest BCUT2D eigenvalue weighted by Gasteiger charge is 2.67. The number of fused-ring (bicyclic) bond motifs is 2. The van der Waals surface area contributed by atoms with Crippen molar-refractivity contribution in [3.05, 3.63) is 12.2 Å². The van der Waals surface area contributed by atoms with Crippen molar-refractivity contribution in [3.8, 4) is 6.07 Å². The van der Waals surface area contributed by atoms with Crippen molar-refractivity contribution >= 4 is 29.3 Å². The normalized spacial score (nSPS) is 39.3. The van der Waals surface area contributed by atoms with Gasteiger partial charge in [-0.15, -0.1) is 23.5 Å². The van der Waals surface area contributed by atoms with Gasteiger partial charge in [-0.2, -0.15) is 5.26 Å². The average Bonchev–Trinajstić information content (AvgIpc) is 2.50. The first-order valence-corrected chi connectivity index (χ1v) is 8.94. The number of hydrogen-bond acceptors (Lipinski definition) is 6. The van der Waals surface area contributed by atoms with Gasteiger partial charge in [0.2, 0.25) is 5.78 Å². The number of nitrogens with zero attached hydrogens (tertiary/aromatic N) is 1. The first-order chi connectivity index (χ1) is 9.57. The maximum absolute atomic E-state index is 13.1. The van der Waals surface area contributed by atoms with E-state index in [9.17, 15) is 10.1 Å². The van der Waals surface area contributed by atoms with E-state index in [2.05, 4.69) is 6.07 Å².